The van der Waals surface area contributed by atoms with Crippen molar-refractivity contribution in [1.29, 1.82) is 0 Å². The minimum absolute atomic E-state index is 0.143. The second-order valence-electron chi connectivity index (χ2n) is 4.88. The molecule has 0 radical (unpaired) electrons. The van der Waals surface area contributed by atoms with E-state index in [0.29, 0.717) is 18.0 Å². The van der Waals surface area contributed by atoms with Crippen LogP contribution in [-0.4, -0.2) is 30.8 Å². The molecule has 0 aliphatic rings. The molecular formula is C18H18BrNO4S. The lowest BCUT2D eigenvalue weighted by atomic mass is 10.3. The van der Waals surface area contributed by atoms with Gasteiger partial charge < -0.3 is 14.8 Å². The summed E-state index contributed by atoms with van der Waals surface area (Å²) in [7, 11) is 0. The first-order chi connectivity index (χ1) is 12.1. The lowest BCUT2D eigenvalue weighted by Crippen LogP contribution is -2.22. The zero-order valence-electron chi connectivity index (χ0n) is 13.7. The number of amides is 1. The van der Waals surface area contributed by atoms with Crippen LogP contribution in [0.25, 0.3) is 0 Å². The summed E-state index contributed by atoms with van der Waals surface area (Å²) in [6.07, 6.45) is 0. The third kappa shape index (κ3) is 6.80. The van der Waals surface area contributed by atoms with Gasteiger partial charge in [0.1, 0.15) is 5.75 Å². The van der Waals surface area contributed by atoms with Crippen molar-refractivity contribution in [3.05, 3.63) is 53.0 Å². The topological polar surface area (TPSA) is 64.6 Å². The average molecular weight is 424 g/mol. The molecule has 0 spiro atoms. The quantitative estimate of drug-likeness (QED) is 0.510. The Labute approximate surface area is 159 Å². The van der Waals surface area contributed by atoms with Crippen molar-refractivity contribution in [3.63, 3.8) is 0 Å². The predicted octanol–water partition coefficient (Wildman–Crippen LogP) is 4.12. The van der Waals surface area contributed by atoms with Gasteiger partial charge >= 0.3 is 5.97 Å². The van der Waals surface area contributed by atoms with E-state index < -0.39 is 11.9 Å². The largest absolute Gasteiger partial charge is 0.492 e. The molecular weight excluding hydrogens is 406 g/mol. The lowest BCUT2D eigenvalue weighted by Gasteiger charge is -2.11. The molecule has 5 nitrogen and oxygen atoms in total. The van der Waals surface area contributed by atoms with E-state index in [1.165, 1.54) is 11.8 Å². The van der Waals surface area contributed by atoms with Crippen molar-refractivity contribution >= 4 is 45.3 Å². The molecule has 0 aromatic heterocycles. The number of carbonyl (C=O) groups is 2. The first-order valence-corrected chi connectivity index (χ1v) is 9.42. The predicted molar refractivity (Wildman–Crippen MR) is 102 cm³/mol. The van der Waals surface area contributed by atoms with Crippen molar-refractivity contribution in [2.24, 2.45) is 0 Å². The Morgan fingerprint density at radius 3 is 2.56 bits per heavy atom. The fourth-order valence-electron chi connectivity index (χ4n) is 1.90. The maximum atomic E-state index is 11.9. The Hall–Kier alpha value is -1.99. The van der Waals surface area contributed by atoms with E-state index in [1.54, 1.807) is 18.2 Å². The van der Waals surface area contributed by atoms with Crippen molar-refractivity contribution in [3.8, 4) is 5.75 Å². The molecule has 0 saturated heterocycles. The molecule has 132 valence electrons. The van der Waals surface area contributed by atoms with Crippen molar-refractivity contribution in [1.82, 2.24) is 0 Å². The number of hydrogen-bond donors (Lipinski definition) is 1. The third-order valence-corrected chi connectivity index (χ3v) is 4.51. The molecule has 25 heavy (non-hydrogen) atoms. The zero-order valence-corrected chi connectivity index (χ0v) is 16.1. The number of halogens is 1. The molecule has 2 aromatic carbocycles. The summed E-state index contributed by atoms with van der Waals surface area (Å²) in [5, 5.41) is 2.68. The second kappa shape index (κ2) is 10.1. The molecule has 0 fully saturated rings. The van der Waals surface area contributed by atoms with E-state index in [2.05, 4.69) is 21.2 Å². The molecule has 1 N–H and O–H groups in total. The van der Waals surface area contributed by atoms with Crippen LogP contribution in [0.4, 0.5) is 5.69 Å². The molecule has 0 heterocycles. The van der Waals surface area contributed by atoms with Crippen molar-refractivity contribution in [2.45, 2.75) is 11.8 Å². The molecule has 1 amide bonds. The number of benzene rings is 2. The molecule has 0 aliphatic carbocycles. The Morgan fingerprint density at radius 1 is 1.12 bits per heavy atom. The summed E-state index contributed by atoms with van der Waals surface area (Å²) >= 11 is 4.71. The summed E-state index contributed by atoms with van der Waals surface area (Å²) in [5.74, 6) is -0.129. The fourth-order valence-corrected chi connectivity index (χ4v) is 2.86. The van der Waals surface area contributed by atoms with Crippen LogP contribution >= 0.6 is 27.7 Å². The number of para-hydroxylation sites is 2. The number of nitrogens with one attached hydrogen (secondary N) is 1. The summed E-state index contributed by atoms with van der Waals surface area (Å²) in [4.78, 5) is 24.6. The van der Waals surface area contributed by atoms with Gasteiger partial charge in [-0.25, -0.2) is 0 Å². The number of hydrogen-bond acceptors (Lipinski definition) is 5. The summed E-state index contributed by atoms with van der Waals surface area (Å²) < 4.78 is 11.4. The van der Waals surface area contributed by atoms with Gasteiger partial charge in [0.15, 0.2) is 6.61 Å². The van der Waals surface area contributed by atoms with Crippen LogP contribution in [0.3, 0.4) is 0 Å². The smallest absolute Gasteiger partial charge is 0.316 e. The normalized spacial score (nSPS) is 10.2. The monoisotopic (exact) mass is 423 g/mol. The Kier molecular flexibility index (Phi) is 7.81. The molecule has 2 aromatic rings. The van der Waals surface area contributed by atoms with Crippen LogP contribution in [0.5, 0.6) is 5.75 Å². The molecule has 0 saturated carbocycles. The molecule has 0 unspecified atom stereocenters. The maximum Gasteiger partial charge on any atom is 0.316 e. The van der Waals surface area contributed by atoms with Gasteiger partial charge in [0, 0.05) is 9.37 Å². The number of anilines is 1. The van der Waals surface area contributed by atoms with Crippen LogP contribution in [-0.2, 0) is 14.3 Å². The number of ether oxygens (including phenoxy) is 2. The minimum Gasteiger partial charge on any atom is -0.492 e. The molecule has 0 atom stereocenters. The van der Waals surface area contributed by atoms with Gasteiger partial charge in [0.05, 0.1) is 18.0 Å². The Bertz CT molecular complexity index is 721. The SMILES string of the molecule is CCOc1ccccc1NC(=O)COC(=O)CSc1ccc(Br)cc1. The average Bonchev–Trinajstić information content (AvgIpc) is 2.61. The first kappa shape index (κ1) is 19.3. The summed E-state index contributed by atoms with van der Waals surface area (Å²) in [5.41, 5.74) is 0.551. The fraction of sp³-hybridized carbons (Fsp3) is 0.222. The highest BCUT2D eigenvalue weighted by Crippen LogP contribution is 2.23. The Morgan fingerprint density at radius 2 is 1.84 bits per heavy atom. The molecule has 7 heteroatoms. The second-order valence-corrected chi connectivity index (χ2v) is 6.85. The highest BCUT2D eigenvalue weighted by Gasteiger charge is 2.11. The van der Waals surface area contributed by atoms with Crippen LogP contribution in [0.15, 0.2) is 57.9 Å². The summed E-state index contributed by atoms with van der Waals surface area (Å²) in [6.45, 7) is 2.03. The molecule has 0 bridgehead atoms. The number of carbonyl (C=O) groups excluding carboxylic acids is 2. The van der Waals surface area contributed by atoms with E-state index in [1.807, 2.05) is 37.3 Å². The first-order valence-electron chi connectivity index (χ1n) is 7.64. The standard InChI is InChI=1S/C18H18BrNO4S/c1-2-23-16-6-4-3-5-15(16)20-17(21)11-24-18(22)12-25-14-9-7-13(19)8-10-14/h3-10H,2,11-12H2,1H3,(H,20,21). The van der Waals surface area contributed by atoms with Crippen LogP contribution < -0.4 is 10.1 Å². The van der Waals surface area contributed by atoms with Crippen molar-refractivity contribution in [2.75, 3.05) is 24.3 Å². The minimum atomic E-state index is -0.443. The van der Waals surface area contributed by atoms with Crippen LogP contribution in [0, 0.1) is 0 Å². The summed E-state index contributed by atoms with van der Waals surface area (Å²) in [6, 6.07) is 14.7. The van der Waals surface area contributed by atoms with Crippen molar-refractivity contribution < 1.29 is 19.1 Å². The van der Waals surface area contributed by atoms with Gasteiger partial charge in [-0.05, 0) is 43.3 Å². The lowest BCUT2D eigenvalue weighted by molar-refractivity contribution is -0.144. The van der Waals surface area contributed by atoms with Crippen LogP contribution in [0.2, 0.25) is 0 Å². The van der Waals surface area contributed by atoms with Gasteiger partial charge in [-0.15, -0.1) is 11.8 Å². The van der Waals surface area contributed by atoms with Gasteiger partial charge in [0.2, 0.25) is 0 Å². The van der Waals surface area contributed by atoms with Gasteiger partial charge in [0.25, 0.3) is 5.91 Å². The zero-order chi connectivity index (χ0) is 18.1. The molecule has 2 rings (SSSR count). The van der Waals surface area contributed by atoms with Crippen LogP contribution in [0.1, 0.15) is 6.92 Å². The highest BCUT2D eigenvalue weighted by molar-refractivity contribution is 9.10. The maximum absolute atomic E-state index is 11.9. The van der Waals surface area contributed by atoms with Gasteiger partial charge in [-0.3, -0.25) is 9.59 Å². The van der Waals surface area contributed by atoms with E-state index in [0.717, 1.165) is 9.37 Å². The van der Waals surface area contributed by atoms with E-state index >= 15 is 0 Å². The third-order valence-electron chi connectivity index (χ3n) is 3.00. The van der Waals surface area contributed by atoms with Gasteiger partial charge in [-0.1, -0.05) is 28.1 Å². The number of rotatable bonds is 8. The number of esters is 1. The van der Waals surface area contributed by atoms with E-state index in [-0.39, 0.29) is 12.4 Å². The highest BCUT2D eigenvalue weighted by atomic mass is 79.9. The van der Waals surface area contributed by atoms with E-state index in [4.69, 9.17) is 9.47 Å². The number of thioether (sulfide) groups is 1. The van der Waals surface area contributed by atoms with E-state index in [9.17, 15) is 9.59 Å². The Balaban J connectivity index is 1.76. The molecule has 0 aliphatic heterocycles. The van der Waals surface area contributed by atoms with Gasteiger partial charge in [-0.2, -0.15) is 0 Å².